The topological polar surface area (TPSA) is 233 Å². The number of carbonyl (C=O) groups excluding carboxylic acids is 3. The summed E-state index contributed by atoms with van der Waals surface area (Å²) in [6.45, 7) is 1.06. The molecule has 1 saturated heterocycles. The zero-order valence-corrected chi connectivity index (χ0v) is 14.9. The molecule has 1 aliphatic rings. The lowest BCUT2D eigenvalue weighted by Crippen LogP contribution is -2.58. The van der Waals surface area contributed by atoms with Crippen LogP contribution in [0.4, 0.5) is 4.79 Å². The lowest BCUT2D eigenvalue weighted by atomic mass is 9.98. The fraction of sp³-hybridized carbons (Fsp3) is 0.571. The average molecular weight is 414 g/mol. The van der Waals surface area contributed by atoms with E-state index in [0.717, 1.165) is 0 Å². The van der Waals surface area contributed by atoms with E-state index in [9.17, 15) is 30.0 Å². The van der Waals surface area contributed by atoms with Gasteiger partial charge in [-0.1, -0.05) is 12.1 Å². The number of ether oxygens (including phenoxy) is 1. The van der Waals surface area contributed by atoms with Crippen molar-refractivity contribution >= 4 is 23.2 Å². The van der Waals surface area contributed by atoms with E-state index in [1.807, 2.05) is 0 Å². The molecule has 3 heterocycles. The van der Waals surface area contributed by atoms with Crippen molar-refractivity contribution < 1.29 is 39.5 Å². The van der Waals surface area contributed by atoms with E-state index >= 15 is 0 Å². The number of nitrogens with zero attached hydrogens (tertiary/aromatic N) is 5. The van der Waals surface area contributed by atoms with Gasteiger partial charge in [-0.2, -0.15) is 24.1 Å². The maximum absolute atomic E-state index is 12.8. The molecule has 15 nitrogen and oxygen atoms in total. The van der Waals surface area contributed by atoms with Crippen molar-refractivity contribution in [2.45, 2.75) is 44.0 Å². The minimum atomic E-state index is -1.74. The molecule has 3 rings (SSSR count). The van der Waals surface area contributed by atoms with Gasteiger partial charge < -0.3 is 30.9 Å². The van der Waals surface area contributed by atoms with Gasteiger partial charge in [0.05, 0.1) is 12.3 Å². The van der Waals surface area contributed by atoms with Crippen molar-refractivity contribution in [2.75, 3.05) is 6.61 Å². The molecule has 29 heavy (non-hydrogen) atoms. The fourth-order valence-electron chi connectivity index (χ4n) is 2.84. The van der Waals surface area contributed by atoms with Gasteiger partial charge in [0.2, 0.25) is 0 Å². The molecule has 0 aromatic carbocycles. The molecule has 5 atom stereocenters. The van der Waals surface area contributed by atoms with E-state index in [0.29, 0.717) is 21.5 Å². The second-order valence-electron chi connectivity index (χ2n) is 5.89. The van der Waals surface area contributed by atoms with Gasteiger partial charge in [0, 0.05) is 0 Å². The van der Waals surface area contributed by atoms with Crippen LogP contribution in [0.2, 0.25) is 0 Å². The number of hydrogen-bond donors (Lipinski definition) is 5. The molecule has 0 aliphatic carbocycles. The van der Waals surface area contributed by atoms with E-state index in [1.54, 1.807) is 6.92 Å². The van der Waals surface area contributed by atoms with E-state index in [-0.39, 0.29) is 17.2 Å². The van der Waals surface area contributed by atoms with Gasteiger partial charge >= 0.3 is 12.2 Å². The van der Waals surface area contributed by atoms with Gasteiger partial charge in [0.25, 0.3) is 5.56 Å². The summed E-state index contributed by atoms with van der Waals surface area (Å²) in [5.41, 5.74) is 4.46. The van der Waals surface area contributed by atoms with Crippen LogP contribution in [0.1, 0.15) is 18.8 Å². The van der Waals surface area contributed by atoms with Crippen LogP contribution in [-0.2, 0) is 20.7 Å². The molecule has 0 spiro atoms. The standard InChI is InChI=1S/C13H18N6O7.CO2/c1-2-4-6-7(18(16-4)13(14)25)11(24)19(17-15-6)12-10(23)9(22)8(21)5(3-20)26-12;2-1-3/h5,8-10,12,20-23H,2-3H2,1H3,(H2,14,25);. The van der Waals surface area contributed by atoms with E-state index in [4.69, 9.17) is 20.1 Å². The SMILES string of the molecule is CCc1nn(C(N)=O)c2c(=O)n(C3OC(CO)C(O)C(O)C3O)nnc12.O=C=O. The second-order valence-corrected chi connectivity index (χ2v) is 5.89. The molecule has 0 radical (unpaired) electrons. The van der Waals surface area contributed by atoms with Gasteiger partial charge in [0.1, 0.15) is 29.9 Å². The highest BCUT2D eigenvalue weighted by Gasteiger charge is 2.45. The van der Waals surface area contributed by atoms with Crippen LogP contribution in [0.3, 0.4) is 0 Å². The minimum Gasteiger partial charge on any atom is -0.394 e. The van der Waals surface area contributed by atoms with Gasteiger partial charge in [-0.3, -0.25) is 4.79 Å². The molecular weight excluding hydrogens is 396 g/mol. The number of nitrogens with two attached hydrogens (primary N) is 1. The normalized spacial score (nSPS) is 26.4. The summed E-state index contributed by atoms with van der Waals surface area (Å²) in [6, 6.07) is -1.01. The van der Waals surface area contributed by atoms with Crippen molar-refractivity contribution in [3.05, 3.63) is 16.0 Å². The number of carbonyl (C=O) groups is 1. The van der Waals surface area contributed by atoms with Crippen molar-refractivity contribution in [2.24, 2.45) is 5.73 Å². The van der Waals surface area contributed by atoms with E-state index in [2.05, 4.69) is 15.4 Å². The Balaban J connectivity index is 0.000000941. The highest BCUT2D eigenvalue weighted by molar-refractivity contribution is 5.87. The summed E-state index contributed by atoms with van der Waals surface area (Å²) in [5, 5.41) is 50.5. The number of aromatic nitrogens is 5. The van der Waals surface area contributed by atoms with Crippen LogP contribution in [0.5, 0.6) is 0 Å². The molecule has 2 aromatic rings. The maximum Gasteiger partial charge on any atom is 0.373 e. The fourth-order valence-corrected chi connectivity index (χ4v) is 2.84. The Bertz CT molecular complexity index is 980. The van der Waals surface area contributed by atoms with E-state index in [1.165, 1.54) is 0 Å². The van der Waals surface area contributed by atoms with Crippen LogP contribution < -0.4 is 11.3 Å². The molecule has 0 bridgehead atoms. The average Bonchev–Trinajstić information content (AvgIpc) is 3.08. The van der Waals surface area contributed by atoms with Crippen molar-refractivity contribution in [1.82, 2.24) is 24.8 Å². The first kappa shape index (κ1) is 22.2. The number of fused-ring (bicyclic) bond motifs is 1. The number of aryl methyl sites for hydroxylation is 1. The van der Waals surface area contributed by atoms with E-state index < -0.39 is 48.8 Å². The Morgan fingerprint density at radius 3 is 2.38 bits per heavy atom. The van der Waals surface area contributed by atoms with Gasteiger partial charge in [-0.25, -0.2) is 4.79 Å². The largest absolute Gasteiger partial charge is 0.394 e. The van der Waals surface area contributed by atoms with Crippen molar-refractivity contribution in [3.63, 3.8) is 0 Å². The summed E-state index contributed by atoms with van der Waals surface area (Å²) < 4.78 is 6.56. The van der Waals surface area contributed by atoms with Gasteiger partial charge in [-0.05, 0) is 6.42 Å². The molecule has 1 amide bonds. The third-order valence-electron chi connectivity index (χ3n) is 4.23. The van der Waals surface area contributed by atoms with Crippen molar-refractivity contribution in [1.29, 1.82) is 0 Å². The molecule has 2 aromatic heterocycles. The zero-order valence-electron chi connectivity index (χ0n) is 14.9. The second kappa shape index (κ2) is 8.95. The first-order valence-corrected chi connectivity index (χ1v) is 8.20. The predicted molar refractivity (Wildman–Crippen MR) is 88.0 cm³/mol. The minimum absolute atomic E-state index is 0.0668. The first-order valence-electron chi connectivity index (χ1n) is 8.20. The lowest BCUT2D eigenvalue weighted by molar-refractivity contribution is -0.255. The maximum atomic E-state index is 12.8. The summed E-state index contributed by atoms with van der Waals surface area (Å²) in [5.74, 6) is 0. The lowest BCUT2D eigenvalue weighted by Gasteiger charge is -2.39. The van der Waals surface area contributed by atoms with Gasteiger partial charge in [-0.15, -0.1) is 5.10 Å². The monoisotopic (exact) mass is 414 g/mol. The molecule has 5 unspecified atom stereocenters. The Morgan fingerprint density at radius 1 is 1.24 bits per heavy atom. The molecule has 158 valence electrons. The van der Waals surface area contributed by atoms with Crippen LogP contribution in [-0.4, -0.2) is 88.4 Å². The zero-order chi connectivity index (χ0) is 21.9. The number of aliphatic hydroxyl groups excluding tert-OH is 4. The highest BCUT2D eigenvalue weighted by atomic mass is 16.6. The molecular formula is C14H18N6O9. The third-order valence-corrected chi connectivity index (χ3v) is 4.23. The number of rotatable bonds is 3. The molecule has 1 fully saturated rings. The summed E-state index contributed by atoms with van der Waals surface area (Å²) >= 11 is 0. The highest BCUT2D eigenvalue weighted by Crippen LogP contribution is 2.27. The van der Waals surface area contributed by atoms with Crippen LogP contribution in [0, 0.1) is 0 Å². The Labute approximate surface area is 160 Å². The quantitative estimate of drug-likeness (QED) is 0.322. The Morgan fingerprint density at radius 2 is 1.86 bits per heavy atom. The van der Waals surface area contributed by atoms with Crippen LogP contribution in [0.25, 0.3) is 11.0 Å². The number of aliphatic hydroxyl groups is 4. The van der Waals surface area contributed by atoms with Crippen LogP contribution >= 0.6 is 0 Å². The number of amides is 1. The molecule has 0 saturated carbocycles. The molecule has 15 heteroatoms. The van der Waals surface area contributed by atoms with Crippen LogP contribution in [0.15, 0.2) is 4.79 Å². The Hall–Kier alpha value is -3.07. The number of primary amides is 1. The van der Waals surface area contributed by atoms with Crippen molar-refractivity contribution in [3.8, 4) is 0 Å². The summed E-state index contributed by atoms with van der Waals surface area (Å²) in [6.07, 6.45) is -7.24. The Kier molecular flexibility index (Phi) is 6.86. The first-order chi connectivity index (χ1) is 13.7. The molecule has 6 N–H and O–H groups in total. The summed E-state index contributed by atoms with van der Waals surface area (Å²) in [4.78, 5) is 40.6. The van der Waals surface area contributed by atoms with Gasteiger partial charge in [0.15, 0.2) is 11.7 Å². The summed E-state index contributed by atoms with van der Waals surface area (Å²) in [7, 11) is 0. The smallest absolute Gasteiger partial charge is 0.373 e. The molecule has 1 aliphatic heterocycles. The third kappa shape index (κ3) is 3.91. The predicted octanol–water partition coefficient (Wildman–Crippen LogP) is -4.13. The number of hydrogen-bond acceptors (Lipinski definition) is 12.